The van der Waals surface area contributed by atoms with Crippen LogP contribution < -0.4 is 10.6 Å². The van der Waals surface area contributed by atoms with Gasteiger partial charge in [-0.15, -0.1) is 0 Å². The molecule has 0 radical (unpaired) electrons. The highest BCUT2D eigenvalue weighted by molar-refractivity contribution is 5.91. The monoisotopic (exact) mass is 642 g/mol. The molecule has 0 unspecified atom stereocenters. The van der Waals surface area contributed by atoms with Crippen LogP contribution in [0, 0.1) is 0 Å². The summed E-state index contributed by atoms with van der Waals surface area (Å²) in [7, 11) is 0. The van der Waals surface area contributed by atoms with Gasteiger partial charge in [0, 0.05) is 28.8 Å². The minimum Gasteiger partial charge on any atom is -0.362 e. The highest BCUT2D eigenvalue weighted by Gasteiger charge is 2.12. The lowest BCUT2D eigenvalue weighted by atomic mass is 9.93. The van der Waals surface area contributed by atoms with Gasteiger partial charge in [-0.05, 0) is 105 Å². The lowest BCUT2D eigenvalue weighted by molar-refractivity contribution is 1.50. The summed E-state index contributed by atoms with van der Waals surface area (Å²) in [5, 5.41) is 7.20. The van der Waals surface area contributed by atoms with Gasteiger partial charge in [-0.3, -0.25) is 0 Å². The summed E-state index contributed by atoms with van der Waals surface area (Å²) in [4.78, 5) is 0. The van der Waals surface area contributed by atoms with Gasteiger partial charge in [-0.2, -0.15) is 0 Å². The van der Waals surface area contributed by atoms with Crippen molar-refractivity contribution < 1.29 is 0 Å². The van der Waals surface area contributed by atoms with Gasteiger partial charge in [0.1, 0.15) is 0 Å². The molecule has 0 spiro atoms. The zero-order chi connectivity index (χ0) is 34.0. The Morgan fingerprint density at radius 2 is 0.980 bits per heavy atom. The van der Waals surface area contributed by atoms with Gasteiger partial charge in [0.15, 0.2) is 0 Å². The average Bonchev–Trinajstić information content (AvgIpc) is 3.19. The first kappa shape index (κ1) is 31.9. The number of allylic oxidation sites excluding steroid dienone is 4. The van der Waals surface area contributed by atoms with Crippen LogP contribution in [0.3, 0.4) is 0 Å². The summed E-state index contributed by atoms with van der Waals surface area (Å²) in [5.74, 6) is 0. The molecule has 0 saturated heterocycles. The third kappa shape index (κ3) is 7.90. The van der Waals surface area contributed by atoms with Crippen molar-refractivity contribution in [1.82, 2.24) is 0 Å². The summed E-state index contributed by atoms with van der Waals surface area (Å²) in [5.41, 5.74) is 14.2. The molecule has 2 N–H and O–H groups in total. The number of benzene rings is 7. The first-order chi connectivity index (χ1) is 24.7. The maximum absolute atomic E-state index is 4.45. The minimum atomic E-state index is 0.942. The SMILES string of the molecule is C=C(/C=C(\C=C/Nc1ccccc1)c1ccc(Nc2cccc(-c3ccccc3)c2)c(-c2cccc(-c3ccccc3)c2)c1)c1ccccc1. The predicted octanol–water partition coefficient (Wildman–Crippen LogP) is 13.2. The summed E-state index contributed by atoms with van der Waals surface area (Å²) < 4.78 is 0. The van der Waals surface area contributed by atoms with Crippen LogP contribution in [0.15, 0.2) is 213 Å². The Bertz CT molecular complexity index is 2250. The smallest absolute Gasteiger partial charge is 0.0464 e. The number of rotatable bonds is 11. The van der Waals surface area contributed by atoms with Crippen LogP contribution in [0.25, 0.3) is 44.5 Å². The Balaban J connectivity index is 1.32. The van der Waals surface area contributed by atoms with E-state index in [9.17, 15) is 0 Å². The Morgan fingerprint density at radius 1 is 0.440 bits per heavy atom. The fraction of sp³-hybridized carbons (Fsp3) is 0. The van der Waals surface area contributed by atoms with E-state index in [1.807, 2.05) is 48.7 Å². The fourth-order valence-corrected chi connectivity index (χ4v) is 6.04. The topological polar surface area (TPSA) is 24.1 Å². The number of anilines is 3. The quantitative estimate of drug-likeness (QED) is 0.137. The van der Waals surface area contributed by atoms with Gasteiger partial charge >= 0.3 is 0 Å². The van der Waals surface area contributed by atoms with Gasteiger partial charge in [0.2, 0.25) is 0 Å². The average molecular weight is 643 g/mol. The van der Waals surface area contributed by atoms with Crippen molar-refractivity contribution in [1.29, 1.82) is 0 Å². The molecule has 0 aromatic heterocycles. The molecule has 0 amide bonds. The summed E-state index contributed by atoms with van der Waals surface area (Å²) in [6.45, 7) is 4.45. The van der Waals surface area contributed by atoms with E-state index in [1.54, 1.807) is 0 Å². The molecule has 0 saturated carbocycles. The molecular weight excluding hydrogens is 605 g/mol. The molecule has 2 nitrogen and oxygen atoms in total. The molecule has 7 aromatic carbocycles. The van der Waals surface area contributed by atoms with Crippen molar-refractivity contribution >= 4 is 28.2 Å². The van der Waals surface area contributed by atoms with Gasteiger partial charge in [-0.25, -0.2) is 0 Å². The summed E-state index contributed by atoms with van der Waals surface area (Å²) >= 11 is 0. The Labute approximate surface area is 295 Å². The molecule has 0 aliphatic carbocycles. The zero-order valence-electron chi connectivity index (χ0n) is 27.8. The molecule has 240 valence electrons. The van der Waals surface area contributed by atoms with Crippen molar-refractivity contribution in [3.05, 3.63) is 224 Å². The fourth-order valence-electron chi connectivity index (χ4n) is 6.04. The van der Waals surface area contributed by atoms with Crippen molar-refractivity contribution in [3.63, 3.8) is 0 Å². The van der Waals surface area contributed by atoms with Crippen LogP contribution >= 0.6 is 0 Å². The van der Waals surface area contributed by atoms with E-state index >= 15 is 0 Å². The highest BCUT2D eigenvalue weighted by atomic mass is 14.9. The van der Waals surface area contributed by atoms with Crippen molar-refractivity contribution in [3.8, 4) is 33.4 Å². The van der Waals surface area contributed by atoms with Gasteiger partial charge in [-0.1, -0.05) is 152 Å². The molecule has 0 aliphatic rings. The van der Waals surface area contributed by atoms with Crippen LogP contribution in [0.2, 0.25) is 0 Å². The Kier molecular flexibility index (Phi) is 9.90. The highest BCUT2D eigenvalue weighted by Crippen LogP contribution is 2.37. The predicted molar refractivity (Wildman–Crippen MR) is 215 cm³/mol. The van der Waals surface area contributed by atoms with Crippen LogP contribution in [-0.4, -0.2) is 0 Å². The molecule has 0 atom stereocenters. The second-order valence-electron chi connectivity index (χ2n) is 12.1. The normalized spacial score (nSPS) is 11.3. The van der Waals surface area contributed by atoms with E-state index in [2.05, 4.69) is 175 Å². The maximum atomic E-state index is 4.45. The second kappa shape index (κ2) is 15.5. The lowest BCUT2D eigenvalue weighted by Gasteiger charge is -2.17. The van der Waals surface area contributed by atoms with Crippen LogP contribution in [0.1, 0.15) is 11.1 Å². The summed E-state index contributed by atoms with van der Waals surface area (Å²) in [6, 6.07) is 65.6. The van der Waals surface area contributed by atoms with Crippen LogP contribution in [-0.2, 0) is 0 Å². The molecule has 2 heteroatoms. The van der Waals surface area contributed by atoms with E-state index < -0.39 is 0 Å². The molecule has 7 rings (SSSR count). The zero-order valence-corrected chi connectivity index (χ0v) is 27.8. The van der Waals surface area contributed by atoms with Crippen molar-refractivity contribution in [2.75, 3.05) is 10.6 Å². The van der Waals surface area contributed by atoms with Crippen LogP contribution in [0.4, 0.5) is 17.1 Å². The number of nitrogens with one attached hydrogen (secondary N) is 2. The van der Waals surface area contributed by atoms with E-state index in [1.165, 1.54) is 22.3 Å². The van der Waals surface area contributed by atoms with Crippen molar-refractivity contribution in [2.45, 2.75) is 0 Å². The largest absolute Gasteiger partial charge is 0.362 e. The maximum Gasteiger partial charge on any atom is 0.0464 e. The standard InChI is InChI=1S/C48H38N2/c1-36(37-16-6-2-7-17-37)32-43(30-31-49-45-25-12-5-13-26-45)42-28-29-48(50-46-27-15-23-41(34-46)39-20-10-4-11-21-39)47(35-42)44-24-14-22-40(33-44)38-18-8-3-9-19-38/h2-35,49-50H,1H2/b31-30-,43-32+. The number of hydrogen-bond donors (Lipinski definition) is 2. The molecule has 0 bridgehead atoms. The van der Waals surface area contributed by atoms with Crippen LogP contribution in [0.5, 0.6) is 0 Å². The minimum absolute atomic E-state index is 0.942. The number of para-hydroxylation sites is 1. The van der Waals surface area contributed by atoms with E-state index in [4.69, 9.17) is 0 Å². The van der Waals surface area contributed by atoms with Gasteiger partial charge in [0.05, 0.1) is 0 Å². The van der Waals surface area contributed by atoms with Crippen molar-refractivity contribution in [2.24, 2.45) is 0 Å². The summed E-state index contributed by atoms with van der Waals surface area (Å²) in [6.07, 6.45) is 6.28. The molecule has 7 aromatic rings. The third-order valence-electron chi connectivity index (χ3n) is 8.64. The molecular formula is C48H38N2. The molecule has 0 aliphatic heterocycles. The number of hydrogen-bond acceptors (Lipinski definition) is 2. The van der Waals surface area contributed by atoms with E-state index in [-0.39, 0.29) is 0 Å². The third-order valence-corrected chi connectivity index (χ3v) is 8.64. The molecule has 50 heavy (non-hydrogen) atoms. The Hall–Kier alpha value is -6.64. The lowest BCUT2D eigenvalue weighted by Crippen LogP contribution is -1.96. The van der Waals surface area contributed by atoms with Gasteiger partial charge in [0.25, 0.3) is 0 Å². The Morgan fingerprint density at radius 3 is 1.66 bits per heavy atom. The first-order valence-electron chi connectivity index (χ1n) is 16.9. The molecule has 0 heterocycles. The first-order valence-corrected chi connectivity index (χ1v) is 16.9. The van der Waals surface area contributed by atoms with Gasteiger partial charge < -0.3 is 10.6 Å². The van der Waals surface area contributed by atoms with E-state index in [0.29, 0.717) is 0 Å². The van der Waals surface area contributed by atoms with E-state index in [0.717, 1.165) is 50.5 Å². The molecule has 0 fully saturated rings. The second-order valence-corrected chi connectivity index (χ2v) is 12.1.